The predicted octanol–water partition coefficient (Wildman–Crippen LogP) is 1.77. The largest absolute Gasteiger partial charge is 0.395 e. The van der Waals surface area contributed by atoms with Crippen molar-refractivity contribution in [3.05, 3.63) is 35.4 Å². The zero-order valence-electron chi connectivity index (χ0n) is 11.1. The van der Waals surface area contributed by atoms with E-state index in [1.54, 1.807) is 4.90 Å². The lowest BCUT2D eigenvalue weighted by Gasteiger charge is -2.22. The second-order valence-electron chi connectivity index (χ2n) is 5.40. The van der Waals surface area contributed by atoms with Crippen LogP contribution >= 0.6 is 0 Å². The van der Waals surface area contributed by atoms with E-state index in [9.17, 15) is 9.90 Å². The van der Waals surface area contributed by atoms with E-state index in [1.807, 2.05) is 13.1 Å². The summed E-state index contributed by atoms with van der Waals surface area (Å²) >= 11 is 0. The lowest BCUT2D eigenvalue weighted by molar-refractivity contribution is -0.137. The van der Waals surface area contributed by atoms with E-state index in [1.165, 1.54) is 11.1 Å². The number of hydrogen-bond acceptors (Lipinski definition) is 2. The summed E-state index contributed by atoms with van der Waals surface area (Å²) < 4.78 is 0. The zero-order valence-corrected chi connectivity index (χ0v) is 11.1. The van der Waals surface area contributed by atoms with Gasteiger partial charge in [0, 0.05) is 13.6 Å². The van der Waals surface area contributed by atoms with E-state index in [-0.39, 0.29) is 12.5 Å². The van der Waals surface area contributed by atoms with E-state index in [0.29, 0.717) is 6.54 Å². The van der Waals surface area contributed by atoms with Crippen molar-refractivity contribution in [2.45, 2.75) is 26.2 Å². The number of nitrogens with zero attached hydrogens (tertiary/aromatic N) is 1. The van der Waals surface area contributed by atoms with Crippen LogP contribution in [0.1, 0.15) is 24.0 Å². The van der Waals surface area contributed by atoms with Crippen molar-refractivity contribution in [2.75, 3.05) is 20.2 Å². The Hall–Kier alpha value is -1.35. The Labute approximate surface area is 108 Å². The number of aliphatic hydroxyl groups is 1. The third-order valence-electron chi connectivity index (χ3n) is 3.77. The molecule has 0 atom stereocenters. The molecule has 2 rings (SSSR count). The van der Waals surface area contributed by atoms with E-state index in [2.05, 4.69) is 25.1 Å². The molecule has 0 bridgehead atoms. The molecule has 1 amide bonds. The number of likely N-dealkylation sites (N-methyl/N-ethyl adjacent to an activating group) is 1. The first-order valence-corrected chi connectivity index (χ1v) is 6.49. The molecule has 1 aliphatic carbocycles. The van der Waals surface area contributed by atoms with Gasteiger partial charge in [-0.3, -0.25) is 4.79 Å². The van der Waals surface area contributed by atoms with Gasteiger partial charge < -0.3 is 10.0 Å². The molecule has 1 N–H and O–H groups in total. The first-order chi connectivity index (χ1) is 8.57. The number of aryl methyl sites for hydroxylation is 1. The van der Waals surface area contributed by atoms with Crippen LogP contribution in [0.15, 0.2) is 24.3 Å². The van der Waals surface area contributed by atoms with Crippen LogP contribution in [0.25, 0.3) is 0 Å². The van der Waals surface area contributed by atoms with E-state index < -0.39 is 5.41 Å². The molecule has 0 radical (unpaired) electrons. The third kappa shape index (κ3) is 2.72. The maximum atomic E-state index is 12.1. The number of rotatable bonds is 5. The first-order valence-electron chi connectivity index (χ1n) is 6.49. The van der Waals surface area contributed by atoms with Crippen molar-refractivity contribution < 1.29 is 9.90 Å². The SMILES string of the molecule is Cc1cccc(CCN(C)C(=O)C2(CO)CC2)c1. The standard InChI is InChI=1S/C15H21NO2/c1-12-4-3-5-13(10-12)6-9-16(2)14(18)15(11-17)7-8-15/h3-5,10,17H,6-9,11H2,1-2H3. The number of hydrogen-bond donors (Lipinski definition) is 1. The molecule has 18 heavy (non-hydrogen) atoms. The smallest absolute Gasteiger partial charge is 0.230 e. The van der Waals surface area contributed by atoms with Gasteiger partial charge in [-0.05, 0) is 31.7 Å². The fourth-order valence-corrected chi connectivity index (χ4v) is 2.26. The summed E-state index contributed by atoms with van der Waals surface area (Å²) in [5.41, 5.74) is 2.06. The first kappa shape index (κ1) is 13.1. The van der Waals surface area contributed by atoms with Crippen LogP contribution in [-0.2, 0) is 11.2 Å². The maximum Gasteiger partial charge on any atom is 0.230 e. The lowest BCUT2D eigenvalue weighted by atomic mass is 10.1. The average Bonchev–Trinajstić information content (AvgIpc) is 3.16. The van der Waals surface area contributed by atoms with Crippen LogP contribution in [0.3, 0.4) is 0 Å². The molecule has 0 spiro atoms. The van der Waals surface area contributed by atoms with Crippen molar-refractivity contribution in [3.63, 3.8) is 0 Å². The van der Waals surface area contributed by atoms with Crippen molar-refractivity contribution in [3.8, 4) is 0 Å². The van der Waals surface area contributed by atoms with Crippen LogP contribution in [0.2, 0.25) is 0 Å². The Morgan fingerprint density at radius 3 is 2.72 bits per heavy atom. The van der Waals surface area contributed by atoms with Crippen molar-refractivity contribution in [1.82, 2.24) is 4.90 Å². The van der Waals surface area contributed by atoms with Crippen molar-refractivity contribution >= 4 is 5.91 Å². The molecule has 0 aliphatic heterocycles. The lowest BCUT2D eigenvalue weighted by Crippen LogP contribution is -2.37. The van der Waals surface area contributed by atoms with Crippen molar-refractivity contribution in [1.29, 1.82) is 0 Å². The Morgan fingerprint density at radius 2 is 2.17 bits per heavy atom. The van der Waals surface area contributed by atoms with E-state index in [4.69, 9.17) is 0 Å². The second kappa shape index (κ2) is 5.11. The summed E-state index contributed by atoms with van der Waals surface area (Å²) in [6.07, 6.45) is 2.53. The summed E-state index contributed by atoms with van der Waals surface area (Å²) in [5.74, 6) is 0.0950. The quantitative estimate of drug-likeness (QED) is 0.861. The topological polar surface area (TPSA) is 40.5 Å². The Balaban J connectivity index is 1.88. The van der Waals surface area contributed by atoms with Gasteiger partial charge in [-0.25, -0.2) is 0 Å². The van der Waals surface area contributed by atoms with Gasteiger partial charge in [-0.1, -0.05) is 29.8 Å². The minimum atomic E-state index is -0.443. The second-order valence-corrected chi connectivity index (χ2v) is 5.40. The molecule has 1 fully saturated rings. The van der Waals surface area contributed by atoms with Crippen LogP contribution in [0.5, 0.6) is 0 Å². The van der Waals surface area contributed by atoms with Gasteiger partial charge in [-0.2, -0.15) is 0 Å². The summed E-state index contributed by atoms with van der Waals surface area (Å²) in [7, 11) is 1.83. The summed E-state index contributed by atoms with van der Waals surface area (Å²) in [4.78, 5) is 13.9. The van der Waals surface area contributed by atoms with E-state index >= 15 is 0 Å². The molecular weight excluding hydrogens is 226 g/mol. The molecule has 0 heterocycles. The van der Waals surface area contributed by atoms with Gasteiger partial charge in [0.2, 0.25) is 5.91 Å². The molecule has 1 aromatic rings. The summed E-state index contributed by atoms with van der Waals surface area (Å²) in [6.45, 7) is 2.77. The maximum absolute atomic E-state index is 12.1. The van der Waals surface area contributed by atoms with Gasteiger partial charge >= 0.3 is 0 Å². The molecule has 0 aromatic heterocycles. The van der Waals surface area contributed by atoms with Crippen LogP contribution in [-0.4, -0.2) is 36.1 Å². The number of carbonyl (C=O) groups is 1. The number of benzene rings is 1. The fraction of sp³-hybridized carbons (Fsp3) is 0.533. The molecule has 1 aliphatic rings. The Morgan fingerprint density at radius 1 is 1.44 bits per heavy atom. The summed E-state index contributed by atoms with van der Waals surface area (Å²) in [6, 6.07) is 8.35. The van der Waals surface area contributed by atoms with Crippen LogP contribution in [0.4, 0.5) is 0 Å². The zero-order chi connectivity index (χ0) is 13.2. The normalized spacial score (nSPS) is 16.4. The average molecular weight is 247 g/mol. The summed E-state index contributed by atoms with van der Waals surface area (Å²) in [5, 5.41) is 9.25. The number of amides is 1. The highest BCUT2D eigenvalue weighted by Crippen LogP contribution is 2.46. The molecule has 0 unspecified atom stereocenters. The van der Waals surface area contributed by atoms with Gasteiger partial charge in [-0.15, -0.1) is 0 Å². The minimum Gasteiger partial charge on any atom is -0.395 e. The number of aliphatic hydroxyl groups excluding tert-OH is 1. The monoisotopic (exact) mass is 247 g/mol. The Kier molecular flexibility index (Phi) is 3.71. The highest BCUT2D eigenvalue weighted by Gasteiger charge is 2.50. The molecule has 1 saturated carbocycles. The molecule has 0 saturated heterocycles. The predicted molar refractivity (Wildman–Crippen MR) is 71.3 cm³/mol. The fourth-order valence-electron chi connectivity index (χ4n) is 2.26. The van der Waals surface area contributed by atoms with Gasteiger partial charge in [0.1, 0.15) is 0 Å². The van der Waals surface area contributed by atoms with Gasteiger partial charge in [0.05, 0.1) is 12.0 Å². The van der Waals surface area contributed by atoms with Crippen molar-refractivity contribution in [2.24, 2.45) is 5.41 Å². The Bertz CT molecular complexity index is 438. The third-order valence-corrected chi connectivity index (χ3v) is 3.77. The minimum absolute atomic E-state index is 0.0133. The molecule has 3 nitrogen and oxygen atoms in total. The van der Waals surface area contributed by atoms with Gasteiger partial charge in [0.25, 0.3) is 0 Å². The van der Waals surface area contributed by atoms with E-state index in [0.717, 1.165) is 19.3 Å². The number of carbonyl (C=O) groups excluding carboxylic acids is 1. The molecular formula is C15H21NO2. The highest BCUT2D eigenvalue weighted by atomic mass is 16.3. The molecule has 1 aromatic carbocycles. The molecule has 3 heteroatoms. The highest BCUT2D eigenvalue weighted by molar-refractivity contribution is 5.85. The van der Waals surface area contributed by atoms with Gasteiger partial charge in [0.15, 0.2) is 0 Å². The molecule has 98 valence electrons. The van der Waals surface area contributed by atoms with Crippen LogP contribution < -0.4 is 0 Å². The van der Waals surface area contributed by atoms with Crippen LogP contribution in [0, 0.1) is 12.3 Å².